The first-order valence-corrected chi connectivity index (χ1v) is 5.20. The fourth-order valence-corrected chi connectivity index (χ4v) is 1.62. The predicted octanol–water partition coefficient (Wildman–Crippen LogP) is 2.20. The summed E-state index contributed by atoms with van der Waals surface area (Å²) >= 11 is 5.88. The van der Waals surface area contributed by atoms with Crippen LogP contribution in [0.15, 0.2) is 24.4 Å². The monoisotopic (exact) mass is 237 g/mol. The number of nitrogens with two attached hydrogens (primary N) is 1. The molecule has 16 heavy (non-hydrogen) atoms. The van der Waals surface area contributed by atoms with E-state index in [1.807, 2.05) is 6.07 Å². The molecule has 5 heteroatoms. The van der Waals surface area contributed by atoms with E-state index in [0.717, 1.165) is 17.1 Å². The van der Waals surface area contributed by atoms with Crippen LogP contribution < -0.4 is 10.5 Å². The van der Waals surface area contributed by atoms with Gasteiger partial charge in [-0.25, -0.2) is 4.98 Å². The van der Waals surface area contributed by atoms with Crippen molar-refractivity contribution in [1.29, 1.82) is 0 Å². The van der Waals surface area contributed by atoms with E-state index in [9.17, 15) is 0 Å². The Labute approximate surface area is 98.4 Å². The number of imidazole rings is 1. The van der Waals surface area contributed by atoms with Crippen molar-refractivity contribution in [3.63, 3.8) is 0 Å². The predicted molar refractivity (Wildman–Crippen MR) is 63.5 cm³/mol. The molecule has 2 rings (SSSR count). The highest BCUT2D eigenvalue weighted by Gasteiger charge is 2.09. The van der Waals surface area contributed by atoms with Gasteiger partial charge in [0.25, 0.3) is 0 Å². The molecule has 1 heterocycles. The smallest absolute Gasteiger partial charge is 0.141 e. The SMILES string of the molecule is COc1cc(Cl)ccc1-c1ncc(CN)[nH]1. The largest absolute Gasteiger partial charge is 0.496 e. The third-order valence-electron chi connectivity index (χ3n) is 2.27. The van der Waals surface area contributed by atoms with Gasteiger partial charge in [0.1, 0.15) is 11.6 Å². The summed E-state index contributed by atoms with van der Waals surface area (Å²) in [5.41, 5.74) is 7.26. The van der Waals surface area contributed by atoms with Gasteiger partial charge < -0.3 is 15.5 Å². The molecule has 0 atom stereocenters. The lowest BCUT2D eigenvalue weighted by molar-refractivity contribution is 0.416. The maximum absolute atomic E-state index is 5.88. The summed E-state index contributed by atoms with van der Waals surface area (Å²) in [5, 5.41) is 0.631. The van der Waals surface area contributed by atoms with Gasteiger partial charge in [-0.3, -0.25) is 0 Å². The van der Waals surface area contributed by atoms with Crippen LogP contribution in [0.4, 0.5) is 0 Å². The highest BCUT2D eigenvalue weighted by atomic mass is 35.5. The van der Waals surface area contributed by atoms with Crippen molar-refractivity contribution in [3.8, 4) is 17.1 Å². The van der Waals surface area contributed by atoms with E-state index >= 15 is 0 Å². The molecule has 3 N–H and O–H groups in total. The molecule has 0 unspecified atom stereocenters. The molecule has 0 aliphatic heterocycles. The molecule has 0 radical (unpaired) electrons. The first-order valence-electron chi connectivity index (χ1n) is 4.82. The van der Waals surface area contributed by atoms with Gasteiger partial charge in [0.2, 0.25) is 0 Å². The topological polar surface area (TPSA) is 63.9 Å². The van der Waals surface area contributed by atoms with E-state index in [1.165, 1.54) is 0 Å². The van der Waals surface area contributed by atoms with Crippen LogP contribution in [0.5, 0.6) is 5.75 Å². The van der Waals surface area contributed by atoms with Crippen molar-refractivity contribution in [2.45, 2.75) is 6.54 Å². The van der Waals surface area contributed by atoms with Gasteiger partial charge in [-0.2, -0.15) is 0 Å². The minimum atomic E-state index is 0.433. The Morgan fingerprint density at radius 1 is 1.50 bits per heavy atom. The van der Waals surface area contributed by atoms with Crippen LogP contribution >= 0.6 is 11.6 Å². The Kier molecular flexibility index (Phi) is 3.12. The van der Waals surface area contributed by atoms with Crippen molar-refractivity contribution >= 4 is 11.6 Å². The number of rotatable bonds is 3. The van der Waals surface area contributed by atoms with Gasteiger partial charge in [-0.1, -0.05) is 11.6 Å². The van der Waals surface area contributed by atoms with Gasteiger partial charge in [0.05, 0.1) is 12.7 Å². The highest BCUT2D eigenvalue weighted by molar-refractivity contribution is 6.30. The number of aromatic amines is 1. The Bertz CT molecular complexity index is 496. The third kappa shape index (κ3) is 2.03. The maximum Gasteiger partial charge on any atom is 0.141 e. The minimum absolute atomic E-state index is 0.433. The molecule has 0 saturated carbocycles. The highest BCUT2D eigenvalue weighted by Crippen LogP contribution is 2.30. The summed E-state index contributed by atoms with van der Waals surface area (Å²) in [6.45, 7) is 0.433. The number of nitrogens with zero attached hydrogens (tertiary/aromatic N) is 1. The summed E-state index contributed by atoms with van der Waals surface area (Å²) in [6, 6.07) is 5.41. The van der Waals surface area contributed by atoms with Gasteiger partial charge in [0.15, 0.2) is 0 Å². The number of H-pyrrole nitrogens is 1. The molecule has 2 aromatic rings. The van der Waals surface area contributed by atoms with E-state index in [4.69, 9.17) is 22.1 Å². The van der Waals surface area contributed by atoms with Crippen LogP contribution in [-0.2, 0) is 6.54 Å². The second kappa shape index (κ2) is 4.55. The number of hydrogen-bond donors (Lipinski definition) is 2. The number of hydrogen-bond acceptors (Lipinski definition) is 3. The van der Waals surface area contributed by atoms with Crippen LogP contribution in [0.25, 0.3) is 11.4 Å². The summed E-state index contributed by atoms with van der Waals surface area (Å²) in [5.74, 6) is 1.42. The zero-order chi connectivity index (χ0) is 11.5. The average Bonchev–Trinajstić information content (AvgIpc) is 2.77. The molecule has 1 aromatic heterocycles. The van der Waals surface area contributed by atoms with Crippen LogP contribution in [0.3, 0.4) is 0 Å². The zero-order valence-electron chi connectivity index (χ0n) is 8.83. The summed E-state index contributed by atoms with van der Waals surface area (Å²) in [7, 11) is 1.60. The number of benzene rings is 1. The molecular formula is C11H12ClN3O. The molecule has 0 aliphatic carbocycles. The fraction of sp³-hybridized carbons (Fsp3) is 0.182. The van der Waals surface area contributed by atoms with Crippen LogP contribution in [0.2, 0.25) is 5.02 Å². The molecule has 84 valence electrons. The van der Waals surface area contributed by atoms with Crippen molar-refractivity contribution < 1.29 is 4.74 Å². The Morgan fingerprint density at radius 2 is 2.31 bits per heavy atom. The Morgan fingerprint density at radius 3 is 2.94 bits per heavy atom. The maximum atomic E-state index is 5.88. The molecule has 0 saturated heterocycles. The van der Waals surface area contributed by atoms with E-state index < -0.39 is 0 Å². The fourth-order valence-electron chi connectivity index (χ4n) is 1.46. The molecule has 4 nitrogen and oxygen atoms in total. The number of nitrogens with one attached hydrogen (secondary N) is 1. The third-order valence-corrected chi connectivity index (χ3v) is 2.50. The van der Waals surface area contributed by atoms with E-state index in [-0.39, 0.29) is 0 Å². The Hall–Kier alpha value is -1.52. The van der Waals surface area contributed by atoms with Crippen molar-refractivity contribution in [2.75, 3.05) is 7.11 Å². The normalized spacial score (nSPS) is 10.4. The Balaban J connectivity index is 2.46. The molecule has 0 spiro atoms. The van der Waals surface area contributed by atoms with Crippen LogP contribution in [0.1, 0.15) is 5.69 Å². The number of methoxy groups -OCH3 is 1. The van der Waals surface area contributed by atoms with Crippen LogP contribution in [0, 0.1) is 0 Å². The molecule has 0 fully saturated rings. The summed E-state index contributed by atoms with van der Waals surface area (Å²) in [6.07, 6.45) is 1.71. The second-order valence-electron chi connectivity index (χ2n) is 3.31. The molecule has 0 amide bonds. The molecule has 1 aromatic carbocycles. The van der Waals surface area contributed by atoms with Crippen molar-refractivity contribution in [2.24, 2.45) is 5.73 Å². The lowest BCUT2D eigenvalue weighted by Gasteiger charge is -2.06. The van der Waals surface area contributed by atoms with Crippen molar-refractivity contribution in [1.82, 2.24) is 9.97 Å². The van der Waals surface area contributed by atoms with Crippen LogP contribution in [-0.4, -0.2) is 17.1 Å². The molecule has 0 bridgehead atoms. The first kappa shape index (κ1) is 11.0. The van der Waals surface area contributed by atoms with Gasteiger partial charge in [-0.15, -0.1) is 0 Å². The second-order valence-corrected chi connectivity index (χ2v) is 3.74. The lowest BCUT2D eigenvalue weighted by atomic mass is 10.2. The summed E-state index contributed by atoms with van der Waals surface area (Å²) in [4.78, 5) is 7.35. The average molecular weight is 238 g/mol. The minimum Gasteiger partial charge on any atom is -0.496 e. The van der Waals surface area contributed by atoms with Gasteiger partial charge >= 0.3 is 0 Å². The first-order chi connectivity index (χ1) is 7.74. The van der Waals surface area contributed by atoms with E-state index in [2.05, 4.69) is 9.97 Å². The zero-order valence-corrected chi connectivity index (χ0v) is 9.58. The lowest BCUT2D eigenvalue weighted by Crippen LogP contribution is -1.96. The number of aromatic nitrogens is 2. The molecule has 0 aliphatic rings. The van der Waals surface area contributed by atoms with E-state index in [0.29, 0.717) is 17.3 Å². The van der Waals surface area contributed by atoms with Gasteiger partial charge in [0, 0.05) is 23.5 Å². The van der Waals surface area contributed by atoms with Gasteiger partial charge in [-0.05, 0) is 18.2 Å². The van der Waals surface area contributed by atoms with E-state index in [1.54, 1.807) is 25.4 Å². The summed E-state index contributed by atoms with van der Waals surface area (Å²) < 4.78 is 5.25. The number of halogens is 1. The standard InChI is InChI=1S/C11H12ClN3O/c1-16-10-4-7(12)2-3-9(10)11-14-6-8(5-13)15-11/h2-4,6H,5,13H2,1H3,(H,14,15). The quantitative estimate of drug-likeness (QED) is 0.860. The number of ether oxygens (including phenoxy) is 1. The molecular weight excluding hydrogens is 226 g/mol. The van der Waals surface area contributed by atoms with Crippen molar-refractivity contribution in [3.05, 3.63) is 35.1 Å².